The monoisotopic (exact) mass is 170 g/mol. The Labute approximate surface area is 69.8 Å². The normalized spacial score (nSPS) is 10.1. The van der Waals surface area contributed by atoms with Gasteiger partial charge in [0.05, 0.1) is 11.7 Å². The Morgan fingerprint density at radius 2 is 2.27 bits per heavy atom. The second kappa shape index (κ2) is 3.53. The molecular formula is C8H10O2S. The molecule has 0 saturated heterocycles. The first kappa shape index (κ1) is 8.27. The molecule has 1 aromatic heterocycles. The first-order valence-corrected chi connectivity index (χ1v) is 4.36. The SMILES string of the molecule is CC(C)Oc1cscc1C=O. The highest BCUT2D eigenvalue weighted by Gasteiger charge is 2.04. The zero-order valence-corrected chi connectivity index (χ0v) is 7.35. The van der Waals surface area contributed by atoms with E-state index >= 15 is 0 Å². The summed E-state index contributed by atoms with van der Waals surface area (Å²) in [4.78, 5) is 10.4. The maximum absolute atomic E-state index is 10.4. The van der Waals surface area contributed by atoms with Gasteiger partial charge in [0, 0.05) is 10.8 Å². The average molecular weight is 170 g/mol. The van der Waals surface area contributed by atoms with Gasteiger partial charge in [-0.05, 0) is 13.8 Å². The van der Waals surface area contributed by atoms with Gasteiger partial charge in [-0.25, -0.2) is 0 Å². The van der Waals surface area contributed by atoms with Gasteiger partial charge in [0.1, 0.15) is 5.75 Å². The minimum Gasteiger partial charge on any atom is -0.489 e. The summed E-state index contributed by atoms with van der Waals surface area (Å²) in [7, 11) is 0. The van der Waals surface area contributed by atoms with Crippen molar-refractivity contribution < 1.29 is 9.53 Å². The Kier molecular flexibility index (Phi) is 2.65. The molecule has 0 fully saturated rings. The van der Waals surface area contributed by atoms with Gasteiger partial charge in [0.2, 0.25) is 0 Å². The standard InChI is InChI=1S/C8H10O2S/c1-6(2)10-8-5-11-4-7(8)3-9/h3-6H,1-2H3. The van der Waals surface area contributed by atoms with E-state index in [9.17, 15) is 4.79 Å². The van der Waals surface area contributed by atoms with Crippen molar-refractivity contribution in [3.63, 3.8) is 0 Å². The lowest BCUT2D eigenvalue weighted by atomic mass is 10.3. The maximum Gasteiger partial charge on any atom is 0.154 e. The lowest BCUT2D eigenvalue weighted by molar-refractivity contribution is 0.111. The number of aldehydes is 1. The fraction of sp³-hybridized carbons (Fsp3) is 0.375. The van der Waals surface area contributed by atoms with Gasteiger partial charge in [-0.2, -0.15) is 0 Å². The zero-order valence-electron chi connectivity index (χ0n) is 6.53. The molecule has 0 atom stereocenters. The predicted octanol–water partition coefficient (Wildman–Crippen LogP) is 2.35. The van der Waals surface area contributed by atoms with E-state index in [1.165, 1.54) is 11.3 Å². The van der Waals surface area contributed by atoms with E-state index in [0.717, 1.165) is 6.29 Å². The second-order valence-corrected chi connectivity index (χ2v) is 3.22. The van der Waals surface area contributed by atoms with Gasteiger partial charge in [0.15, 0.2) is 6.29 Å². The van der Waals surface area contributed by atoms with E-state index < -0.39 is 0 Å². The number of carbonyl (C=O) groups excluding carboxylic acids is 1. The van der Waals surface area contributed by atoms with Gasteiger partial charge >= 0.3 is 0 Å². The molecule has 0 N–H and O–H groups in total. The molecule has 1 heterocycles. The first-order chi connectivity index (χ1) is 5.24. The minimum absolute atomic E-state index is 0.128. The molecule has 0 aliphatic carbocycles. The van der Waals surface area contributed by atoms with Crippen LogP contribution in [0.25, 0.3) is 0 Å². The molecule has 3 heteroatoms. The summed E-state index contributed by atoms with van der Waals surface area (Å²) >= 11 is 1.48. The van der Waals surface area contributed by atoms with E-state index in [2.05, 4.69) is 0 Å². The quantitative estimate of drug-likeness (QED) is 0.651. The number of thiophene rings is 1. The molecule has 0 aromatic carbocycles. The van der Waals surface area contributed by atoms with Crippen molar-refractivity contribution in [3.05, 3.63) is 16.3 Å². The highest BCUT2D eigenvalue weighted by molar-refractivity contribution is 7.08. The predicted molar refractivity (Wildman–Crippen MR) is 45.5 cm³/mol. The summed E-state index contributed by atoms with van der Waals surface area (Å²) in [6.45, 7) is 3.87. The molecule has 11 heavy (non-hydrogen) atoms. The van der Waals surface area contributed by atoms with Crippen LogP contribution in [0.2, 0.25) is 0 Å². The summed E-state index contributed by atoms with van der Waals surface area (Å²) in [5.41, 5.74) is 0.642. The van der Waals surface area contributed by atoms with Crippen LogP contribution in [0.3, 0.4) is 0 Å². The van der Waals surface area contributed by atoms with Crippen molar-refractivity contribution in [2.45, 2.75) is 20.0 Å². The van der Waals surface area contributed by atoms with Crippen molar-refractivity contribution in [3.8, 4) is 5.75 Å². The van der Waals surface area contributed by atoms with Crippen molar-refractivity contribution in [2.24, 2.45) is 0 Å². The maximum atomic E-state index is 10.4. The Morgan fingerprint density at radius 3 is 2.82 bits per heavy atom. The molecule has 0 radical (unpaired) electrons. The molecule has 1 rings (SSSR count). The van der Waals surface area contributed by atoms with Gasteiger partial charge in [-0.15, -0.1) is 11.3 Å². The number of rotatable bonds is 3. The molecule has 0 aliphatic heterocycles. The largest absolute Gasteiger partial charge is 0.489 e. The number of ether oxygens (including phenoxy) is 1. The van der Waals surface area contributed by atoms with E-state index in [0.29, 0.717) is 11.3 Å². The third-order valence-corrected chi connectivity index (χ3v) is 1.88. The van der Waals surface area contributed by atoms with Crippen LogP contribution in [-0.2, 0) is 0 Å². The molecule has 0 unspecified atom stereocenters. The van der Waals surface area contributed by atoms with Crippen molar-refractivity contribution in [1.29, 1.82) is 0 Å². The second-order valence-electron chi connectivity index (χ2n) is 2.48. The van der Waals surface area contributed by atoms with Crippen molar-refractivity contribution >= 4 is 17.6 Å². The molecule has 0 spiro atoms. The van der Waals surface area contributed by atoms with Crippen LogP contribution in [0, 0.1) is 0 Å². The molecule has 0 saturated carbocycles. The Balaban J connectivity index is 2.76. The fourth-order valence-electron chi connectivity index (χ4n) is 0.731. The highest BCUT2D eigenvalue weighted by Crippen LogP contribution is 2.22. The first-order valence-electron chi connectivity index (χ1n) is 3.42. The van der Waals surface area contributed by atoms with Crippen LogP contribution in [-0.4, -0.2) is 12.4 Å². The number of hydrogen-bond acceptors (Lipinski definition) is 3. The highest BCUT2D eigenvalue weighted by atomic mass is 32.1. The van der Waals surface area contributed by atoms with Crippen LogP contribution in [0.5, 0.6) is 5.75 Å². The smallest absolute Gasteiger partial charge is 0.154 e. The van der Waals surface area contributed by atoms with Crippen molar-refractivity contribution in [1.82, 2.24) is 0 Å². The minimum atomic E-state index is 0.128. The topological polar surface area (TPSA) is 26.3 Å². The van der Waals surface area contributed by atoms with Crippen LogP contribution in [0.15, 0.2) is 10.8 Å². The summed E-state index contributed by atoms with van der Waals surface area (Å²) < 4.78 is 5.36. The Bertz CT molecular complexity index is 240. The van der Waals surface area contributed by atoms with E-state index in [-0.39, 0.29) is 6.10 Å². The van der Waals surface area contributed by atoms with Gasteiger partial charge in [-0.3, -0.25) is 4.79 Å². The van der Waals surface area contributed by atoms with Crippen LogP contribution in [0.4, 0.5) is 0 Å². The zero-order chi connectivity index (χ0) is 8.27. The summed E-state index contributed by atoms with van der Waals surface area (Å²) in [5.74, 6) is 0.694. The molecule has 0 aliphatic rings. The van der Waals surface area contributed by atoms with E-state index in [1.807, 2.05) is 19.2 Å². The summed E-state index contributed by atoms with van der Waals surface area (Å²) in [5, 5.41) is 3.62. The van der Waals surface area contributed by atoms with Crippen LogP contribution >= 0.6 is 11.3 Å². The molecule has 0 bridgehead atoms. The number of hydrogen-bond donors (Lipinski definition) is 0. The Hall–Kier alpha value is -0.830. The van der Waals surface area contributed by atoms with Crippen LogP contribution < -0.4 is 4.74 Å². The van der Waals surface area contributed by atoms with Gasteiger partial charge < -0.3 is 4.74 Å². The van der Waals surface area contributed by atoms with Crippen LogP contribution in [0.1, 0.15) is 24.2 Å². The average Bonchev–Trinajstić information content (AvgIpc) is 2.34. The van der Waals surface area contributed by atoms with Crippen molar-refractivity contribution in [2.75, 3.05) is 0 Å². The lowest BCUT2D eigenvalue weighted by Gasteiger charge is -2.07. The molecule has 1 aromatic rings. The number of carbonyl (C=O) groups is 1. The van der Waals surface area contributed by atoms with Gasteiger partial charge in [-0.1, -0.05) is 0 Å². The van der Waals surface area contributed by atoms with Gasteiger partial charge in [0.25, 0.3) is 0 Å². The fourth-order valence-corrected chi connectivity index (χ4v) is 1.43. The molecule has 0 amide bonds. The molecule has 2 nitrogen and oxygen atoms in total. The summed E-state index contributed by atoms with van der Waals surface area (Å²) in [6, 6.07) is 0. The van der Waals surface area contributed by atoms with E-state index in [4.69, 9.17) is 4.74 Å². The third kappa shape index (κ3) is 2.05. The lowest BCUT2D eigenvalue weighted by Crippen LogP contribution is -2.05. The van der Waals surface area contributed by atoms with E-state index in [1.54, 1.807) is 5.38 Å². The summed E-state index contributed by atoms with van der Waals surface area (Å²) in [6.07, 6.45) is 0.942. The molecular weight excluding hydrogens is 160 g/mol. The molecule has 60 valence electrons. The third-order valence-electron chi connectivity index (χ3n) is 1.14. The Morgan fingerprint density at radius 1 is 1.55 bits per heavy atom.